The van der Waals surface area contributed by atoms with Crippen LogP contribution in [0.5, 0.6) is 0 Å². The van der Waals surface area contributed by atoms with Crippen molar-refractivity contribution in [3.63, 3.8) is 0 Å². The quantitative estimate of drug-likeness (QED) is 0.773. The summed E-state index contributed by atoms with van der Waals surface area (Å²) >= 11 is 0. The van der Waals surface area contributed by atoms with Gasteiger partial charge in [-0.1, -0.05) is 6.07 Å². The zero-order valence-electron chi connectivity index (χ0n) is 11.1. The van der Waals surface area contributed by atoms with Crippen molar-refractivity contribution in [3.8, 4) is 6.07 Å². The highest BCUT2D eigenvalue weighted by molar-refractivity contribution is 5.55. The second-order valence-electron chi connectivity index (χ2n) is 4.37. The molecule has 0 heterocycles. The van der Waals surface area contributed by atoms with Crippen LogP contribution in [0.15, 0.2) is 18.2 Å². The van der Waals surface area contributed by atoms with Crippen LogP contribution in [0.2, 0.25) is 0 Å². The molecule has 4 nitrogen and oxygen atoms in total. The van der Waals surface area contributed by atoms with Gasteiger partial charge in [0.1, 0.15) is 0 Å². The third-order valence-electron chi connectivity index (χ3n) is 2.85. The van der Waals surface area contributed by atoms with Gasteiger partial charge in [0.05, 0.1) is 18.2 Å². The van der Waals surface area contributed by atoms with Gasteiger partial charge < -0.3 is 15.8 Å². The van der Waals surface area contributed by atoms with Crippen LogP contribution < -0.4 is 11.1 Å². The molecular weight excluding hydrogens is 226 g/mol. The van der Waals surface area contributed by atoms with Gasteiger partial charge in [0.15, 0.2) is 0 Å². The Kier molecular flexibility index (Phi) is 6.20. The van der Waals surface area contributed by atoms with Gasteiger partial charge >= 0.3 is 0 Å². The van der Waals surface area contributed by atoms with Gasteiger partial charge in [0, 0.05) is 18.8 Å². The van der Waals surface area contributed by atoms with Crippen LogP contribution in [0.3, 0.4) is 0 Å². The maximum Gasteiger partial charge on any atom is 0.0992 e. The highest BCUT2D eigenvalue weighted by Crippen LogP contribution is 2.18. The van der Waals surface area contributed by atoms with Crippen LogP contribution in [-0.4, -0.2) is 26.3 Å². The van der Waals surface area contributed by atoms with E-state index in [1.54, 1.807) is 7.11 Å². The number of rotatable bonds is 7. The Bertz CT molecular complexity index is 412. The average Bonchev–Trinajstić information content (AvgIpc) is 2.38. The van der Waals surface area contributed by atoms with Crippen LogP contribution >= 0.6 is 0 Å². The molecular formula is C14H21N3O. The number of aryl methyl sites for hydroxylation is 1. The summed E-state index contributed by atoms with van der Waals surface area (Å²) in [5, 5.41) is 12.3. The summed E-state index contributed by atoms with van der Waals surface area (Å²) in [4.78, 5) is 0. The number of nitriles is 1. The standard InChI is InChI=1S/C14H21N3O/c1-11-5-6-12(9-16)8-14(11)17-13(10-18-2)4-3-7-15/h5-6,8,13,17H,3-4,7,10,15H2,1-2H3. The summed E-state index contributed by atoms with van der Waals surface area (Å²) in [6, 6.07) is 8.03. The van der Waals surface area contributed by atoms with E-state index in [4.69, 9.17) is 15.7 Å². The van der Waals surface area contributed by atoms with Gasteiger partial charge in [-0.15, -0.1) is 0 Å². The number of hydrogen-bond acceptors (Lipinski definition) is 4. The molecule has 18 heavy (non-hydrogen) atoms. The van der Waals surface area contributed by atoms with Crippen LogP contribution in [0.1, 0.15) is 24.0 Å². The Labute approximate surface area is 109 Å². The number of nitrogens with one attached hydrogen (secondary N) is 1. The number of nitrogens with zero attached hydrogens (tertiary/aromatic N) is 1. The topological polar surface area (TPSA) is 71.1 Å². The molecule has 3 N–H and O–H groups in total. The van der Waals surface area contributed by atoms with Gasteiger partial charge in [-0.05, 0) is 44.0 Å². The Hall–Kier alpha value is -1.57. The molecule has 0 radical (unpaired) electrons. The lowest BCUT2D eigenvalue weighted by Gasteiger charge is -2.20. The second-order valence-corrected chi connectivity index (χ2v) is 4.37. The molecule has 1 aromatic carbocycles. The first-order chi connectivity index (χ1) is 8.71. The first-order valence-electron chi connectivity index (χ1n) is 6.17. The molecule has 0 saturated carbocycles. The highest BCUT2D eigenvalue weighted by Gasteiger charge is 2.09. The molecule has 0 spiro atoms. The molecule has 0 bridgehead atoms. The van der Waals surface area contributed by atoms with E-state index in [9.17, 15) is 0 Å². The third kappa shape index (κ3) is 4.36. The summed E-state index contributed by atoms with van der Waals surface area (Å²) < 4.78 is 5.20. The van der Waals surface area contributed by atoms with E-state index in [0.717, 1.165) is 24.1 Å². The first kappa shape index (κ1) is 14.5. The van der Waals surface area contributed by atoms with E-state index in [1.807, 2.05) is 25.1 Å². The normalized spacial score (nSPS) is 11.9. The molecule has 0 saturated heterocycles. The summed E-state index contributed by atoms with van der Waals surface area (Å²) in [7, 11) is 1.69. The zero-order chi connectivity index (χ0) is 13.4. The lowest BCUT2D eigenvalue weighted by atomic mass is 10.1. The number of anilines is 1. The molecule has 0 aliphatic rings. The fourth-order valence-electron chi connectivity index (χ4n) is 1.83. The first-order valence-corrected chi connectivity index (χ1v) is 6.17. The number of ether oxygens (including phenoxy) is 1. The predicted molar refractivity (Wildman–Crippen MR) is 73.5 cm³/mol. The van der Waals surface area contributed by atoms with Crippen molar-refractivity contribution in [1.82, 2.24) is 0 Å². The highest BCUT2D eigenvalue weighted by atomic mass is 16.5. The molecule has 98 valence electrons. The van der Waals surface area contributed by atoms with E-state index in [-0.39, 0.29) is 6.04 Å². The van der Waals surface area contributed by atoms with Crippen LogP contribution in [0, 0.1) is 18.3 Å². The van der Waals surface area contributed by atoms with E-state index >= 15 is 0 Å². The molecule has 1 unspecified atom stereocenters. The van der Waals surface area contributed by atoms with Crippen LogP contribution in [0.25, 0.3) is 0 Å². The minimum Gasteiger partial charge on any atom is -0.383 e. The van der Waals surface area contributed by atoms with Crippen molar-refractivity contribution in [2.24, 2.45) is 5.73 Å². The minimum atomic E-state index is 0.228. The Morgan fingerprint density at radius 3 is 2.89 bits per heavy atom. The van der Waals surface area contributed by atoms with Crippen molar-refractivity contribution < 1.29 is 4.74 Å². The van der Waals surface area contributed by atoms with Crippen molar-refractivity contribution in [3.05, 3.63) is 29.3 Å². The van der Waals surface area contributed by atoms with Gasteiger partial charge in [0.25, 0.3) is 0 Å². The number of hydrogen-bond donors (Lipinski definition) is 2. The smallest absolute Gasteiger partial charge is 0.0992 e. The van der Waals surface area contributed by atoms with Crippen molar-refractivity contribution in [1.29, 1.82) is 5.26 Å². The minimum absolute atomic E-state index is 0.228. The van der Waals surface area contributed by atoms with Gasteiger partial charge in [0.2, 0.25) is 0 Å². The summed E-state index contributed by atoms with van der Waals surface area (Å²) in [5.74, 6) is 0. The van der Waals surface area contributed by atoms with Gasteiger partial charge in [-0.3, -0.25) is 0 Å². The molecule has 0 aliphatic carbocycles. The molecule has 0 fully saturated rings. The largest absolute Gasteiger partial charge is 0.383 e. The summed E-state index contributed by atoms with van der Waals surface area (Å²) in [5.41, 5.74) is 8.32. The fourth-order valence-corrected chi connectivity index (χ4v) is 1.83. The van der Waals surface area contributed by atoms with Gasteiger partial charge in [-0.25, -0.2) is 0 Å². The average molecular weight is 247 g/mol. The van der Waals surface area contributed by atoms with Crippen molar-refractivity contribution in [2.45, 2.75) is 25.8 Å². The second kappa shape index (κ2) is 7.70. The number of benzene rings is 1. The third-order valence-corrected chi connectivity index (χ3v) is 2.85. The van der Waals surface area contributed by atoms with E-state index in [0.29, 0.717) is 18.7 Å². The zero-order valence-corrected chi connectivity index (χ0v) is 11.1. The summed E-state index contributed by atoms with van der Waals surface area (Å²) in [6.45, 7) is 3.34. The monoisotopic (exact) mass is 247 g/mol. The lowest BCUT2D eigenvalue weighted by Crippen LogP contribution is -2.26. The Balaban J connectivity index is 2.75. The predicted octanol–water partition coefficient (Wildman–Crippen LogP) is 2.03. The number of nitrogens with two attached hydrogens (primary N) is 1. The van der Waals surface area contributed by atoms with E-state index in [1.165, 1.54) is 0 Å². The summed E-state index contributed by atoms with van der Waals surface area (Å²) in [6.07, 6.45) is 1.92. The molecule has 1 atom stereocenters. The molecule has 0 aliphatic heterocycles. The molecule has 4 heteroatoms. The fraction of sp³-hybridized carbons (Fsp3) is 0.500. The van der Waals surface area contributed by atoms with Crippen molar-refractivity contribution >= 4 is 5.69 Å². The molecule has 0 aromatic heterocycles. The van der Waals surface area contributed by atoms with Gasteiger partial charge in [-0.2, -0.15) is 5.26 Å². The molecule has 1 aromatic rings. The van der Waals surface area contributed by atoms with Crippen LogP contribution in [-0.2, 0) is 4.74 Å². The lowest BCUT2D eigenvalue weighted by molar-refractivity contribution is 0.182. The van der Waals surface area contributed by atoms with E-state index in [2.05, 4.69) is 11.4 Å². The van der Waals surface area contributed by atoms with Crippen molar-refractivity contribution in [2.75, 3.05) is 25.6 Å². The molecule has 0 amide bonds. The Morgan fingerprint density at radius 2 is 2.28 bits per heavy atom. The maximum absolute atomic E-state index is 8.91. The van der Waals surface area contributed by atoms with E-state index < -0.39 is 0 Å². The Morgan fingerprint density at radius 1 is 1.50 bits per heavy atom. The number of methoxy groups -OCH3 is 1. The van der Waals surface area contributed by atoms with Crippen LogP contribution in [0.4, 0.5) is 5.69 Å². The SMILES string of the molecule is COCC(CCCN)Nc1cc(C#N)ccc1C. The molecule has 1 rings (SSSR count). The maximum atomic E-state index is 8.91.